The van der Waals surface area contributed by atoms with Crippen molar-refractivity contribution in [1.29, 1.82) is 0 Å². The molecule has 2 aromatic heterocycles. The largest absolute Gasteiger partial charge is 0.490 e. The molecule has 0 unspecified atom stereocenters. The molecule has 2 N–H and O–H groups in total. The maximum atomic E-state index is 10.6. The number of carboxylic acids is 1. The first kappa shape index (κ1) is 24.8. The smallest absolute Gasteiger partial charge is 0.490 e. The minimum absolute atomic E-state index is 0.201. The normalized spacial score (nSPS) is 16.4. The molecule has 3 aromatic rings. The molecule has 1 aliphatic carbocycles. The molecule has 0 bridgehead atoms. The van der Waals surface area contributed by atoms with Crippen LogP contribution in [0.3, 0.4) is 0 Å². The second-order valence-corrected chi connectivity index (χ2v) is 8.68. The van der Waals surface area contributed by atoms with Crippen molar-refractivity contribution >= 4 is 40.2 Å². The number of aliphatic carboxylic acids is 1. The van der Waals surface area contributed by atoms with Crippen molar-refractivity contribution in [3.05, 3.63) is 47.7 Å². The summed E-state index contributed by atoms with van der Waals surface area (Å²) in [5, 5.41) is 11.4. The first-order valence-electron chi connectivity index (χ1n) is 11.0. The Labute approximate surface area is 204 Å². The standard InChI is InChI=1S/C21H22ClN5O.C2HF3O2/c22-14-1-5-16(6-2-14)28-17-8-11-27(12-9-17)21-20(24-15-3-4-15)25-18-7-10-23-13-19(18)26-21;3-2(4,5)1(6)7/h1-2,5-7,10,13,15,17H,3-4,8-9,11-12H2,(H,24,25);(H,6,7). The lowest BCUT2D eigenvalue weighted by atomic mass is 10.1. The number of anilines is 2. The summed E-state index contributed by atoms with van der Waals surface area (Å²) >= 11 is 5.95. The van der Waals surface area contributed by atoms with Crippen LogP contribution in [0.25, 0.3) is 11.0 Å². The minimum atomic E-state index is -5.08. The lowest BCUT2D eigenvalue weighted by molar-refractivity contribution is -0.192. The maximum absolute atomic E-state index is 10.6. The zero-order valence-electron chi connectivity index (χ0n) is 18.5. The number of benzene rings is 1. The number of nitrogens with one attached hydrogen (secondary N) is 1. The van der Waals surface area contributed by atoms with E-state index in [0.29, 0.717) is 6.04 Å². The van der Waals surface area contributed by atoms with Gasteiger partial charge in [0.05, 0.1) is 11.7 Å². The van der Waals surface area contributed by atoms with Crippen LogP contribution in [-0.2, 0) is 4.79 Å². The Morgan fingerprint density at radius 2 is 1.71 bits per heavy atom. The van der Waals surface area contributed by atoms with Crippen LogP contribution in [0.4, 0.5) is 24.8 Å². The van der Waals surface area contributed by atoms with Gasteiger partial charge in [-0.05, 0) is 43.2 Å². The summed E-state index contributed by atoms with van der Waals surface area (Å²) in [5.41, 5.74) is 1.71. The summed E-state index contributed by atoms with van der Waals surface area (Å²) < 4.78 is 37.9. The van der Waals surface area contributed by atoms with Gasteiger partial charge < -0.3 is 20.1 Å². The number of aromatic nitrogens is 3. The first-order valence-corrected chi connectivity index (χ1v) is 11.4. The molecule has 2 fully saturated rings. The second-order valence-electron chi connectivity index (χ2n) is 8.24. The van der Waals surface area contributed by atoms with Gasteiger partial charge in [-0.15, -0.1) is 0 Å². The molecular formula is C23H23ClF3N5O3. The van der Waals surface area contributed by atoms with Crippen molar-refractivity contribution < 1.29 is 27.8 Å². The van der Waals surface area contributed by atoms with Gasteiger partial charge in [0.2, 0.25) is 0 Å². The van der Waals surface area contributed by atoms with Gasteiger partial charge in [-0.3, -0.25) is 4.98 Å². The quantitative estimate of drug-likeness (QED) is 0.499. The lowest BCUT2D eigenvalue weighted by Crippen LogP contribution is -2.39. The van der Waals surface area contributed by atoms with E-state index in [0.717, 1.165) is 59.4 Å². The monoisotopic (exact) mass is 509 g/mol. The van der Waals surface area contributed by atoms with E-state index in [2.05, 4.69) is 15.2 Å². The number of piperidine rings is 1. The van der Waals surface area contributed by atoms with E-state index in [9.17, 15) is 13.2 Å². The van der Waals surface area contributed by atoms with Gasteiger partial charge in [0.1, 0.15) is 17.4 Å². The molecule has 35 heavy (non-hydrogen) atoms. The van der Waals surface area contributed by atoms with Gasteiger partial charge >= 0.3 is 12.1 Å². The number of nitrogens with zero attached hydrogens (tertiary/aromatic N) is 4. The Morgan fingerprint density at radius 3 is 2.31 bits per heavy atom. The van der Waals surface area contributed by atoms with Crippen molar-refractivity contribution in [3.8, 4) is 5.75 Å². The third-order valence-corrected chi connectivity index (χ3v) is 5.72. The fourth-order valence-electron chi connectivity index (χ4n) is 3.53. The number of carboxylic acid groups (broad SMARTS) is 1. The third-order valence-electron chi connectivity index (χ3n) is 5.47. The number of carbonyl (C=O) groups is 1. The summed E-state index contributed by atoms with van der Waals surface area (Å²) in [7, 11) is 0. The number of ether oxygens (including phenoxy) is 1. The van der Waals surface area contributed by atoms with E-state index < -0.39 is 12.1 Å². The fraction of sp³-hybridized carbons (Fsp3) is 0.391. The van der Waals surface area contributed by atoms with Gasteiger partial charge in [0.25, 0.3) is 0 Å². The zero-order valence-corrected chi connectivity index (χ0v) is 19.3. The van der Waals surface area contributed by atoms with Crippen LogP contribution in [0.5, 0.6) is 5.75 Å². The molecule has 1 aliphatic heterocycles. The molecule has 186 valence electrons. The average molecular weight is 510 g/mol. The Kier molecular flexibility index (Phi) is 7.44. The summed E-state index contributed by atoms with van der Waals surface area (Å²) in [6.45, 7) is 1.77. The Balaban J connectivity index is 0.000000364. The molecule has 0 radical (unpaired) electrons. The van der Waals surface area contributed by atoms with E-state index in [-0.39, 0.29) is 6.10 Å². The SMILES string of the molecule is Clc1ccc(OC2CCN(c3nc4cnccc4nc3NC3CC3)CC2)cc1.O=C(O)C(F)(F)F. The molecule has 0 amide bonds. The van der Waals surface area contributed by atoms with Crippen LogP contribution < -0.4 is 15.0 Å². The fourth-order valence-corrected chi connectivity index (χ4v) is 3.65. The van der Waals surface area contributed by atoms with E-state index in [4.69, 9.17) is 36.2 Å². The van der Waals surface area contributed by atoms with Gasteiger partial charge in [-0.25, -0.2) is 14.8 Å². The molecule has 1 aromatic carbocycles. The van der Waals surface area contributed by atoms with Crippen LogP contribution in [0.15, 0.2) is 42.7 Å². The average Bonchev–Trinajstić information content (AvgIpc) is 3.65. The molecule has 1 saturated heterocycles. The van der Waals surface area contributed by atoms with Crippen molar-refractivity contribution in [1.82, 2.24) is 15.0 Å². The molecule has 1 saturated carbocycles. The minimum Gasteiger partial charge on any atom is -0.490 e. The summed E-state index contributed by atoms with van der Waals surface area (Å²) in [6.07, 6.45) is 2.95. The first-order chi connectivity index (χ1) is 16.7. The predicted octanol–water partition coefficient (Wildman–Crippen LogP) is 4.93. The maximum Gasteiger partial charge on any atom is 0.490 e. The van der Waals surface area contributed by atoms with E-state index in [1.807, 2.05) is 30.3 Å². The zero-order chi connectivity index (χ0) is 25.0. The van der Waals surface area contributed by atoms with Crippen LogP contribution in [0.1, 0.15) is 25.7 Å². The molecular weight excluding hydrogens is 487 g/mol. The molecule has 8 nitrogen and oxygen atoms in total. The molecule has 5 rings (SSSR count). The van der Waals surface area contributed by atoms with Crippen LogP contribution in [0.2, 0.25) is 5.02 Å². The van der Waals surface area contributed by atoms with Crippen LogP contribution in [0, 0.1) is 0 Å². The predicted molar refractivity (Wildman–Crippen MR) is 125 cm³/mol. The number of hydrogen-bond donors (Lipinski definition) is 2. The molecule has 0 spiro atoms. The highest BCUT2D eigenvalue weighted by Crippen LogP contribution is 2.32. The number of pyridine rings is 1. The number of fused-ring (bicyclic) bond motifs is 1. The van der Waals surface area contributed by atoms with Gasteiger partial charge in [-0.1, -0.05) is 11.6 Å². The summed E-state index contributed by atoms with van der Waals surface area (Å²) in [4.78, 5) is 25.1. The van der Waals surface area contributed by atoms with Crippen molar-refractivity contribution in [3.63, 3.8) is 0 Å². The Bertz CT molecular complexity index is 1170. The molecule has 0 atom stereocenters. The van der Waals surface area contributed by atoms with E-state index >= 15 is 0 Å². The van der Waals surface area contributed by atoms with Crippen LogP contribution in [-0.4, -0.2) is 57.4 Å². The second kappa shape index (κ2) is 10.5. The Hall–Kier alpha value is -3.34. The van der Waals surface area contributed by atoms with Crippen molar-refractivity contribution in [2.24, 2.45) is 0 Å². The molecule has 3 heterocycles. The Morgan fingerprint density at radius 1 is 1.06 bits per heavy atom. The highest BCUT2D eigenvalue weighted by Gasteiger charge is 2.38. The van der Waals surface area contributed by atoms with Crippen molar-refractivity contribution in [2.45, 2.75) is 44.0 Å². The molecule has 2 aliphatic rings. The van der Waals surface area contributed by atoms with Gasteiger partial charge in [0.15, 0.2) is 11.6 Å². The lowest BCUT2D eigenvalue weighted by Gasteiger charge is -2.33. The van der Waals surface area contributed by atoms with E-state index in [1.165, 1.54) is 12.8 Å². The van der Waals surface area contributed by atoms with Gasteiger partial charge in [-0.2, -0.15) is 13.2 Å². The third kappa shape index (κ3) is 6.84. The number of halogens is 4. The van der Waals surface area contributed by atoms with Crippen molar-refractivity contribution in [2.75, 3.05) is 23.3 Å². The number of rotatable bonds is 5. The highest BCUT2D eigenvalue weighted by atomic mass is 35.5. The number of alkyl halides is 3. The molecule has 12 heteroatoms. The topological polar surface area (TPSA) is 100 Å². The number of hydrogen-bond acceptors (Lipinski definition) is 7. The van der Waals surface area contributed by atoms with E-state index in [1.54, 1.807) is 12.4 Å². The summed E-state index contributed by atoms with van der Waals surface area (Å²) in [6, 6.07) is 10.0. The summed E-state index contributed by atoms with van der Waals surface area (Å²) in [5.74, 6) is -0.0707. The van der Waals surface area contributed by atoms with Gasteiger partial charge in [0, 0.05) is 43.2 Å². The van der Waals surface area contributed by atoms with Crippen LogP contribution >= 0.6 is 11.6 Å². The highest BCUT2D eigenvalue weighted by molar-refractivity contribution is 6.30.